The summed E-state index contributed by atoms with van der Waals surface area (Å²) in [5, 5.41) is 3.01. The van der Waals surface area contributed by atoms with Crippen molar-refractivity contribution in [2.75, 3.05) is 6.54 Å². The van der Waals surface area contributed by atoms with Crippen LogP contribution in [0, 0.1) is 11.7 Å². The number of nitrogens with one attached hydrogen (secondary N) is 1. The molecule has 0 radical (unpaired) electrons. The van der Waals surface area contributed by atoms with E-state index in [1.807, 2.05) is 0 Å². The zero-order valence-corrected chi connectivity index (χ0v) is 10.9. The Kier molecular flexibility index (Phi) is 4.59. The van der Waals surface area contributed by atoms with Gasteiger partial charge in [-0.3, -0.25) is 4.79 Å². The summed E-state index contributed by atoms with van der Waals surface area (Å²) in [7, 11) is 0. The first kappa shape index (κ1) is 13.3. The van der Waals surface area contributed by atoms with E-state index in [9.17, 15) is 9.18 Å². The molecule has 1 N–H and O–H groups in total. The van der Waals surface area contributed by atoms with Crippen molar-refractivity contribution in [2.24, 2.45) is 5.92 Å². The fourth-order valence-corrected chi connectivity index (χ4v) is 2.79. The van der Waals surface area contributed by atoms with Crippen LogP contribution in [0.2, 0.25) is 0 Å². The quantitative estimate of drug-likeness (QED) is 0.838. The summed E-state index contributed by atoms with van der Waals surface area (Å²) in [5.41, 5.74) is 0.107. The van der Waals surface area contributed by atoms with E-state index in [0.717, 1.165) is 25.7 Å². The number of carbonyl (C=O) groups is 1. The monoisotopic (exact) mass is 269 g/mol. The molecule has 2 nitrogen and oxygen atoms in total. The number of rotatable bonds is 3. The van der Waals surface area contributed by atoms with E-state index in [-0.39, 0.29) is 16.8 Å². The summed E-state index contributed by atoms with van der Waals surface area (Å²) in [5.74, 6) is -0.407. The van der Waals surface area contributed by atoms with Crippen LogP contribution in [0.15, 0.2) is 24.3 Å². The minimum atomic E-state index is -0.478. The topological polar surface area (TPSA) is 29.1 Å². The number of halogens is 2. The smallest absolute Gasteiger partial charge is 0.254 e. The number of amides is 1. The van der Waals surface area contributed by atoms with Crippen molar-refractivity contribution in [3.8, 4) is 0 Å². The molecular weight excluding hydrogens is 253 g/mol. The van der Waals surface area contributed by atoms with Crippen molar-refractivity contribution < 1.29 is 9.18 Å². The molecule has 2 unspecified atom stereocenters. The van der Waals surface area contributed by atoms with Crippen molar-refractivity contribution in [3.63, 3.8) is 0 Å². The number of alkyl halides is 1. The Bertz CT molecular complexity index is 424. The average Bonchev–Trinajstić information content (AvgIpc) is 2.37. The van der Waals surface area contributed by atoms with Gasteiger partial charge in [-0.25, -0.2) is 4.39 Å². The second-order valence-electron chi connectivity index (χ2n) is 4.82. The van der Waals surface area contributed by atoms with Crippen LogP contribution in [0.1, 0.15) is 36.0 Å². The number of hydrogen-bond donors (Lipinski definition) is 1. The number of benzene rings is 1. The van der Waals surface area contributed by atoms with Crippen LogP contribution < -0.4 is 5.32 Å². The minimum Gasteiger partial charge on any atom is -0.352 e. The molecule has 0 aromatic heterocycles. The van der Waals surface area contributed by atoms with Gasteiger partial charge in [0.05, 0.1) is 5.56 Å². The highest BCUT2D eigenvalue weighted by molar-refractivity contribution is 6.20. The number of hydrogen-bond acceptors (Lipinski definition) is 1. The molecule has 1 aromatic carbocycles. The lowest BCUT2D eigenvalue weighted by molar-refractivity contribution is 0.0939. The van der Waals surface area contributed by atoms with Gasteiger partial charge in [-0.2, -0.15) is 0 Å². The summed E-state index contributed by atoms with van der Waals surface area (Å²) < 4.78 is 13.4. The van der Waals surface area contributed by atoms with Crippen LogP contribution in [0.4, 0.5) is 4.39 Å². The normalized spacial score (nSPS) is 23.7. The number of carbonyl (C=O) groups excluding carboxylic acids is 1. The van der Waals surface area contributed by atoms with Crippen molar-refractivity contribution in [3.05, 3.63) is 35.6 Å². The summed E-state index contributed by atoms with van der Waals surface area (Å²) in [6.07, 6.45) is 4.17. The van der Waals surface area contributed by atoms with E-state index in [0.29, 0.717) is 12.5 Å². The SMILES string of the molecule is O=C(NCC1CCCC(Cl)C1)c1ccccc1F. The van der Waals surface area contributed by atoms with E-state index in [1.165, 1.54) is 12.1 Å². The van der Waals surface area contributed by atoms with Crippen molar-refractivity contribution in [1.29, 1.82) is 0 Å². The Labute approximate surface area is 112 Å². The summed E-state index contributed by atoms with van der Waals surface area (Å²) in [6, 6.07) is 6.03. The standard InChI is InChI=1S/C14H17ClFNO/c15-11-5-3-4-10(8-11)9-17-14(18)12-6-1-2-7-13(12)16/h1-2,6-7,10-11H,3-5,8-9H2,(H,17,18). The maximum atomic E-state index is 13.4. The first-order chi connectivity index (χ1) is 8.66. The van der Waals surface area contributed by atoms with Crippen LogP contribution in [-0.4, -0.2) is 17.8 Å². The van der Waals surface area contributed by atoms with Crippen LogP contribution in [0.25, 0.3) is 0 Å². The van der Waals surface area contributed by atoms with E-state index in [4.69, 9.17) is 11.6 Å². The largest absolute Gasteiger partial charge is 0.352 e. The highest BCUT2D eigenvalue weighted by Gasteiger charge is 2.21. The molecule has 1 saturated carbocycles. The predicted molar refractivity (Wildman–Crippen MR) is 70.3 cm³/mol. The molecule has 1 aromatic rings. The fraction of sp³-hybridized carbons (Fsp3) is 0.500. The summed E-state index contributed by atoms with van der Waals surface area (Å²) >= 11 is 6.10. The van der Waals surface area contributed by atoms with E-state index in [1.54, 1.807) is 12.1 Å². The molecular formula is C14H17ClFNO. The molecule has 0 bridgehead atoms. The molecule has 1 amide bonds. The van der Waals surface area contributed by atoms with Gasteiger partial charge in [0.1, 0.15) is 5.82 Å². The molecule has 18 heavy (non-hydrogen) atoms. The Morgan fingerprint density at radius 2 is 2.17 bits per heavy atom. The van der Waals surface area contributed by atoms with Crippen LogP contribution in [0.5, 0.6) is 0 Å². The molecule has 1 aliphatic carbocycles. The maximum absolute atomic E-state index is 13.4. The Hall–Kier alpha value is -1.09. The summed E-state index contributed by atoms with van der Waals surface area (Å²) in [6.45, 7) is 0.580. The van der Waals surface area contributed by atoms with Gasteiger partial charge < -0.3 is 5.32 Å². The average molecular weight is 270 g/mol. The van der Waals surface area contributed by atoms with Gasteiger partial charge in [0.2, 0.25) is 0 Å². The Morgan fingerprint density at radius 1 is 1.39 bits per heavy atom. The lowest BCUT2D eigenvalue weighted by Crippen LogP contribution is -2.32. The zero-order chi connectivity index (χ0) is 13.0. The molecule has 0 saturated heterocycles. The van der Waals surface area contributed by atoms with Gasteiger partial charge in [-0.15, -0.1) is 11.6 Å². The Balaban J connectivity index is 1.87. The molecule has 0 spiro atoms. The lowest BCUT2D eigenvalue weighted by atomic mass is 9.89. The van der Waals surface area contributed by atoms with Crippen LogP contribution in [-0.2, 0) is 0 Å². The van der Waals surface area contributed by atoms with E-state index >= 15 is 0 Å². The highest BCUT2D eigenvalue weighted by Crippen LogP contribution is 2.27. The van der Waals surface area contributed by atoms with E-state index < -0.39 is 5.82 Å². The third kappa shape index (κ3) is 3.45. The van der Waals surface area contributed by atoms with Crippen LogP contribution >= 0.6 is 11.6 Å². The summed E-state index contributed by atoms with van der Waals surface area (Å²) in [4.78, 5) is 11.8. The van der Waals surface area contributed by atoms with Gasteiger partial charge in [-0.1, -0.05) is 18.6 Å². The third-order valence-corrected chi connectivity index (χ3v) is 3.78. The maximum Gasteiger partial charge on any atom is 0.254 e. The van der Waals surface area contributed by atoms with Gasteiger partial charge >= 0.3 is 0 Å². The Morgan fingerprint density at radius 3 is 2.89 bits per heavy atom. The highest BCUT2D eigenvalue weighted by atomic mass is 35.5. The van der Waals surface area contributed by atoms with E-state index in [2.05, 4.69) is 5.32 Å². The van der Waals surface area contributed by atoms with Gasteiger partial charge in [0.15, 0.2) is 0 Å². The molecule has 0 aliphatic heterocycles. The van der Waals surface area contributed by atoms with Crippen LogP contribution in [0.3, 0.4) is 0 Å². The van der Waals surface area contributed by atoms with Gasteiger partial charge in [0.25, 0.3) is 5.91 Å². The predicted octanol–water partition coefficient (Wildman–Crippen LogP) is 3.35. The zero-order valence-electron chi connectivity index (χ0n) is 10.2. The van der Waals surface area contributed by atoms with Gasteiger partial charge in [-0.05, 0) is 37.3 Å². The molecule has 0 heterocycles. The minimum absolute atomic E-state index is 0.107. The first-order valence-electron chi connectivity index (χ1n) is 6.33. The second kappa shape index (κ2) is 6.19. The lowest BCUT2D eigenvalue weighted by Gasteiger charge is -2.25. The molecule has 2 atom stereocenters. The second-order valence-corrected chi connectivity index (χ2v) is 5.44. The van der Waals surface area contributed by atoms with Crippen molar-refractivity contribution in [1.82, 2.24) is 5.32 Å². The van der Waals surface area contributed by atoms with Crippen molar-refractivity contribution >= 4 is 17.5 Å². The molecule has 2 rings (SSSR count). The molecule has 98 valence electrons. The van der Waals surface area contributed by atoms with Gasteiger partial charge in [0, 0.05) is 11.9 Å². The first-order valence-corrected chi connectivity index (χ1v) is 6.77. The third-order valence-electron chi connectivity index (χ3n) is 3.39. The van der Waals surface area contributed by atoms with Crippen molar-refractivity contribution in [2.45, 2.75) is 31.1 Å². The molecule has 4 heteroatoms. The fourth-order valence-electron chi connectivity index (χ4n) is 2.39. The molecule has 1 fully saturated rings. The molecule has 1 aliphatic rings.